The summed E-state index contributed by atoms with van der Waals surface area (Å²) in [6.45, 7) is 7.47. The standard InChI is InChI=1S/C26H20N6O2.C14H11NO2.C9H7NO.C8H6BrN.C6H6O2.CH2O3.2K.H/c1-32-26-23(25(28)29-16-30-26)24(31-32)17-9-11-20(12-10-17)34-22-8-4-7-21(13-22)33-15-19-6-3-2-5-18(19)14-27;1-15-14-8-3-2-5-11(14)10-17-13-7-4-6-12(16)9-13;11-8-5-1-3-7-4-2-6-10-9(7)8;9-5-7-3-1-2-4-8(7)6-10;7-5-2-1-3-6(8)4-5;2-1-4-3;;;/h2-13,16H,15H2,1H3,(H2,28,29,30);2-9,16H,10H2;1-6,11H;1-4H,5H2;1-4,7-8H;1,3H;;;/q;;;;;;2*+1;-1/p-1. The number of phenolic OH excluding ortho intramolecular Hbond substituents is 4. The molecular weight excluding hydrogens is 1210 g/mol. The van der Waals surface area contributed by atoms with Crippen molar-refractivity contribution in [1.82, 2.24) is 24.7 Å². The number of alkyl halides is 1. The first kappa shape index (κ1) is 70.3. The summed E-state index contributed by atoms with van der Waals surface area (Å²) in [5.41, 5.74) is 13.7. The zero-order chi connectivity index (χ0) is 60.1. The van der Waals surface area contributed by atoms with Crippen molar-refractivity contribution in [3.05, 3.63) is 252 Å². The van der Waals surface area contributed by atoms with Crippen LogP contribution in [0, 0.1) is 29.2 Å². The smallest absolute Gasteiger partial charge is 1.00 e. The van der Waals surface area contributed by atoms with Crippen LogP contribution in [0.15, 0.2) is 213 Å². The molecule has 0 amide bonds. The Hall–Kier alpha value is -8.23. The van der Waals surface area contributed by atoms with Gasteiger partial charge in [0.05, 0.1) is 35.2 Å². The minimum absolute atomic E-state index is 0. The molecule has 8 aromatic carbocycles. The molecule has 19 nitrogen and oxygen atoms in total. The summed E-state index contributed by atoms with van der Waals surface area (Å²) in [4.78, 5) is 27.1. The van der Waals surface area contributed by atoms with Crippen molar-refractivity contribution in [2.45, 2.75) is 18.5 Å². The van der Waals surface area contributed by atoms with Crippen LogP contribution in [0.1, 0.15) is 29.2 Å². The number of rotatable bonds is 11. The monoisotopic (exact) mass is 1260 g/mol. The summed E-state index contributed by atoms with van der Waals surface area (Å²) in [6.07, 6.45) is 3.10. The third-order valence-electron chi connectivity index (χ3n) is 11.4. The molecule has 0 atom stereocenters. The predicted octanol–water partition coefficient (Wildman–Crippen LogP) is 6.42. The third kappa shape index (κ3) is 22.0. The number of aromatic nitrogens is 5. The number of para-hydroxylation sites is 2. The van der Waals surface area contributed by atoms with E-state index in [1.165, 1.54) is 24.5 Å². The van der Waals surface area contributed by atoms with E-state index in [1.807, 2.05) is 134 Å². The average molecular weight is 1270 g/mol. The summed E-state index contributed by atoms with van der Waals surface area (Å²) < 4.78 is 19.1. The van der Waals surface area contributed by atoms with E-state index in [0.29, 0.717) is 64.4 Å². The van der Waals surface area contributed by atoms with E-state index >= 15 is 0 Å². The number of hydrogen-bond acceptors (Lipinski definition) is 17. The molecule has 0 aliphatic heterocycles. The Bertz CT molecular complexity index is 4050. The van der Waals surface area contributed by atoms with Crippen LogP contribution >= 0.6 is 15.9 Å². The Balaban J connectivity index is 0.000000311. The Morgan fingerprint density at radius 3 is 1.77 bits per heavy atom. The molecule has 0 bridgehead atoms. The first-order valence-corrected chi connectivity index (χ1v) is 26.1. The molecule has 22 heteroatoms. The van der Waals surface area contributed by atoms with Gasteiger partial charge in [-0.1, -0.05) is 113 Å². The fourth-order valence-electron chi connectivity index (χ4n) is 7.48. The zero-order valence-corrected chi connectivity index (χ0v) is 54.5. The number of halogens is 1. The molecule has 3 heterocycles. The second kappa shape index (κ2) is 38.0. The maximum Gasteiger partial charge on any atom is 1.00 e. The Kier molecular flexibility index (Phi) is 31.0. The number of anilines is 1. The van der Waals surface area contributed by atoms with Gasteiger partial charge in [-0.3, -0.25) is 9.78 Å². The van der Waals surface area contributed by atoms with Crippen LogP contribution in [0.3, 0.4) is 0 Å². The van der Waals surface area contributed by atoms with E-state index in [-0.39, 0.29) is 134 Å². The largest absolute Gasteiger partial charge is 1.00 e. The van der Waals surface area contributed by atoms with Crippen LogP contribution in [-0.2, 0) is 35.3 Å². The number of nitrogens with two attached hydrogens (primary N) is 1. The predicted molar refractivity (Wildman–Crippen MR) is 319 cm³/mol. The van der Waals surface area contributed by atoms with Crippen LogP contribution in [0.25, 0.3) is 38.0 Å². The number of nitriles is 2. The first-order chi connectivity index (χ1) is 40.9. The Morgan fingerprint density at radius 1 is 0.651 bits per heavy atom. The zero-order valence-electron chi connectivity index (χ0n) is 47.7. The molecule has 0 fully saturated rings. The van der Waals surface area contributed by atoms with Gasteiger partial charge in [0.15, 0.2) is 11.3 Å². The fourth-order valence-corrected chi connectivity index (χ4v) is 7.96. The van der Waals surface area contributed by atoms with Crippen LogP contribution in [-0.4, -0.2) is 51.6 Å². The van der Waals surface area contributed by atoms with Gasteiger partial charge in [0.1, 0.15) is 82.6 Å². The number of carbonyl (C=O) groups is 1. The van der Waals surface area contributed by atoms with E-state index in [0.717, 1.165) is 49.6 Å². The molecule has 3 aromatic heterocycles. The van der Waals surface area contributed by atoms with Crippen molar-refractivity contribution in [3.8, 4) is 69.4 Å². The molecular formula is C64H52BrK2N9O10. The Morgan fingerprint density at radius 2 is 1.19 bits per heavy atom. The van der Waals surface area contributed by atoms with Gasteiger partial charge in [-0.15, -0.1) is 0 Å². The summed E-state index contributed by atoms with van der Waals surface area (Å²) in [7, 11) is 1.82. The normalized spacial score (nSPS) is 9.53. The SMILES string of the molecule is Cn1nc(-c2ccc(Oc3cccc(OCc4ccccc4C#N)c3)cc2)c2c(N)ncnc21.N#Cc1ccccc1CBr.O=CO[O-].Oc1cccc(O)c1.Oc1cccc2cccnc12.[C-]#[N+]c1ccccc1COc1cccc(O)c1.[H-].[K+].[K+]. The van der Waals surface area contributed by atoms with Gasteiger partial charge in [0, 0.05) is 53.3 Å². The van der Waals surface area contributed by atoms with Crippen LogP contribution < -0.4 is 128 Å². The summed E-state index contributed by atoms with van der Waals surface area (Å²) in [6, 6.07) is 63.1. The number of phenols is 4. The minimum Gasteiger partial charge on any atom is -1.00 e. The van der Waals surface area contributed by atoms with Crippen molar-refractivity contribution in [1.29, 1.82) is 10.5 Å². The second-order valence-corrected chi connectivity index (χ2v) is 17.6. The van der Waals surface area contributed by atoms with Crippen molar-refractivity contribution in [3.63, 3.8) is 0 Å². The van der Waals surface area contributed by atoms with E-state index in [1.54, 1.807) is 65.5 Å². The van der Waals surface area contributed by atoms with Crippen LogP contribution in [0.4, 0.5) is 11.5 Å². The number of ether oxygens (including phenoxy) is 3. The number of pyridine rings is 1. The number of nitrogen functional groups attached to an aromatic ring is 1. The van der Waals surface area contributed by atoms with Crippen molar-refractivity contribution < 1.29 is 154 Å². The molecule has 0 spiro atoms. The van der Waals surface area contributed by atoms with E-state index in [9.17, 15) is 15.5 Å². The van der Waals surface area contributed by atoms with Crippen molar-refractivity contribution in [2.24, 2.45) is 7.05 Å². The molecule has 0 unspecified atom stereocenters. The maximum atomic E-state index is 9.31. The fraction of sp³-hybridized carbons (Fsp3) is 0.0625. The molecule has 11 rings (SSSR count). The molecule has 86 heavy (non-hydrogen) atoms. The van der Waals surface area contributed by atoms with E-state index in [4.69, 9.17) is 52.0 Å². The van der Waals surface area contributed by atoms with Gasteiger partial charge in [-0.2, -0.15) is 15.6 Å². The first-order valence-electron chi connectivity index (χ1n) is 24.9. The molecule has 0 saturated heterocycles. The Labute approximate surface area is 590 Å². The van der Waals surface area contributed by atoms with Crippen LogP contribution in [0.2, 0.25) is 0 Å². The third-order valence-corrected chi connectivity index (χ3v) is 12.0. The number of benzene rings is 8. The van der Waals surface area contributed by atoms with Gasteiger partial charge in [-0.05, 0) is 96.1 Å². The number of carbonyl (C=O) groups excluding carboxylic acids is 1. The average Bonchev–Trinajstić information content (AvgIpc) is 2.61. The summed E-state index contributed by atoms with van der Waals surface area (Å²) >= 11 is 3.30. The molecule has 6 N–H and O–H groups in total. The van der Waals surface area contributed by atoms with Crippen molar-refractivity contribution >= 4 is 55.8 Å². The molecule has 422 valence electrons. The molecule has 0 saturated carbocycles. The molecule has 0 aliphatic rings. The molecule has 0 radical (unpaired) electrons. The summed E-state index contributed by atoms with van der Waals surface area (Å²) in [5.74, 6) is 3.52. The number of aromatic hydroxyl groups is 4. The number of aryl methyl sites for hydroxylation is 1. The second-order valence-electron chi connectivity index (χ2n) is 17.1. The molecule has 11 aromatic rings. The molecule has 0 aliphatic carbocycles. The van der Waals surface area contributed by atoms with Gasteiger partial charge in [0.25, 0.3) is 6.47 Å². The number of nitrogens with zero attached hydrogens (tertiary/aromatic N) is 8. The van der Waals surface area contributed by atoms with E-state index < -0.39 is 0 Å². The van der Waals surface area contributed by atoms with Gasteiger partial charge >= 0.3 is 103 Å². The van der Waals surface area contributed by atoms with Gasteiger partial charge < -0.3 is 51.9 Å². The van der Waals surface area contributed by atoms with Gasteiger partial charge in [-0.25, -0.2) is 19.5 Å². The quantitative estimate of drug-likeness (QED) is 0.0233. The topological polar surface area (TPSA) is 292 Å². The van der Waals surface area contributed by atoms with Crippen LogP contribution in [0.5, 0.6) is 46.0 Å². The summed E-state index contributed by atoms with van der Waals surface area (Å²) in [5, 5.41) is 69.1. The number of hydrogen-bond donors (Lipinski definition) is 5. The van der Waals surface area contributed by atoms with Crippen molar-refractivity contribution in [2.75, 3.05) is 5.73 Å². The van der Waals surface area contributed by atoms with E-state index in [2.05, 4.69) is 57.9 Å². The maximum absolute atomic E-state index is 9.31. The minimum atomic E-state index is -0.181. The number of fused-ring (bicyclic) bond motifs is 2. The van der Waals surface area contributed by atoms with Gasteiger partial charge in [0.2, 0.25) is 0 Å².